The van der Waals surface area contributed by atoms with E-state index < -0.39 is 10.0 Å². The minimum Gasteiger partial charge on any atom is -0.278 e. The summed E-state index contributed by atoms with van der Waals surface area (Å²) in [6, 6.07) is 7.82. The van der Waals surface area contributed by atoms with Crippen LogP contribution in [0.1, 0.15) is 5.56 Å². The van der Waals surface area contributed by atoms with Gasteiger partial charge in [0.15, 0.2) is 0 Å². The first-order valence-corrected chi connectivity index (χ1v) is 8.82. The molecule has 1 N–H and O–H groups in total. The zero-order chi connectivity index (χ0) is 15.6. The molecular formula is C12H6Br2ClN3O2S. The molecule has 0 aliphatic rings. The highest BCUT2D eigenvalue weighted by Crippen LogP contribution is 2.29. The maximum Gasteiger partial charge on any atom is 0.265 e. The van der Waals surface area contributed by atoms with Gasteiger partial charge >= 0.3 is 0 Å². The third kappa shape index (κ3) is 3.74. The summed E-state index contributed by atoms with van der Waals surface area (Å²) in [5.41, 5.74) is 0.706. The Morgan fingerprint density at radius 2 is 2.00 bits per heavy atom. The molecule has 0 atom stereocenters. The predicted octanol–water partition coefficient (Wildman–Crippen LogP) is 3.93. The Bertz CT molecular complexity index is 850. The molecule has 1 aromatic heterocycles. The second-order valence-electron chi connectivity index (χ2n) is 3.85. The molecule has 0 amide bonds. The molecule has 5 nitrogen and oxygen atoms in total. The molecule has 0 spiro atoms. The molecular weight excluding hydrogens is 445 g/mol. The van der Waals surface area contributed by atoms with E-state index in [0.29, 0.717) is 20.2 Å². The van der Waals surface area contributed by atoms with Gasteiger partial charge in [-0.3, -0.25) is 4.72 Å². The molecule has 0 aliphatic carbocycles. The minimum absolute atomic E-state index is 0.129. The van der Waals surface area contributed by atoms with Crippen LogP contribution in [0.3, 0.4) is 0 Å². The first-order valence-electron chi connectivity index (χ1n) is 5.37. The average molecular weight is 452 g/mol. The van der Waals surface area contributed by atoms with Gasteiger partial charge < -0.3 is 0 Å². The second kappa shape index (κ2) is 6.32. The van der Waals surface area contributed by atoms with Crippen LogP contribution in [0, 0.1) is 11.3 Å². The minimum atomic E-state index is -3.90. The molecule has 0 bridgehead atoms. The lowest BCUT2D eigenvalue weighted by atomic mass is 10.2. The first-order chi connectivity index (χ1) is 9.83. The number of rotatable bonds is 3. The van der Waals surface area contributed by atoms with Crippen LogP contribution in [0.5, 0.6) is 0 Å². The zero-order valence-electron chi connectivity index (χ0n) is 10.1. The molecule has 2 aromatic rings. The van der Waals surface area contributed by atoms with Crippen molar-refractivity contribution in [2.45, 2.75) is 4.90 Å². The summed E-state index contributed by atoms with van der Waals surface area (Å²) >= 11 is 12.2. The van der Waals surface area contributed by atoms with Crippen molar-refractivity contribution in [2.75, 3.05) is 4.72 Å². The lowest BCUT2D eigenvalue weighted by molar-refractivity contribution is 0.601. The molecule has 0 saturated carbocycles. The summed E-state index contributed by atoms with van der Waals surface area (Å²) in [6.07, 6.45) is 1.40. The molecule has 0 fully saturated rings. The number of anilines is 1. The van der Waals surface area contributed by atoms with Crippen molar-refractivity contribution in [1.82, 2.24) is 4.98 Å². The number of hydrogen-bond donors (Lipinski definition) is 1. The van der Waals surface area contributed by atoms with E-state index in [1.54, 1.807) is 0 Å². The highest BCUT2D eigenvalue weighted by Gasteiger charge is 2.20. The number of aromatic nitrogens is 1. The normalized spacial score (nSPS) is 11.0. The van der Waals surface area contributed by atoms with Crippen molar-refractivity contribution >= 4 is 59.2 Å². The Morgan fingerprint density at radius 3 is 2.62 bits per heavy atom. The van der Waals surface area contributed by atoms with Crippen molar-refractivity contribution in [3.8, 4) is 6.07 Å². The van der Waals surface area contributed by atoms with Crippen LogP contribution in [-0.4, -0.2) is 13.4 Å². The molecule has 21 heavy (non-hydrogen) atoms. The number of nitriles is 1. The number of hydrogen-bond acceptors (Lipinski definition) is 4. The molecule has 2 rings (SSSR count). The van der Waals surface area contributed by atoms with E-state index in [2.05, 4.69) is 41.6 Å². The highest BCUT2D eigenvalue weighted by molar-refractivity contribution is 9.10. The van der Waals surface area contributed by atoms with Crippen molar-refractivity contribution in [2.24, 2.45) is 0 Å². The number of pyridine rings is 1. The number of nitrogens with one attached hydrogen (secondary N) is 1. The van der Waals surface area contributed by atoms with E-state index in [-0.39, 0.29) is 10.0 Å². The summed E-state index contributed by atoms with van der Waals surface area (Å²) < 4.78 is 28.0. The van der Waals surface area contributed by atoms with Crippen molar-refractivity contribution < 1.29 is 8.42 Å². The molecule has 0 saturated heterocycles. The Kier molecular flexibility index (Phi) is 4.88. The standard InChI is InChI=1S/C12H6Br2ClN3O2S/c13-8-4-11(12(15)17-6-8)21(19,20)18-10-2-1-7(5-16)3-9(10)14/h1-4,6,18H. The lowest BCUT2D eigenvalue weighted by Gasteiger charge is -2.11. The van der Waals surface area contributed by atoms with E-state index in [1.165, 1.54) is 30.5 Å². The fraction of sp³-hybridized carbons (Fsp3) is 0. The van der Waals surface area contributed by atoms with E-state index >= 15 is 0 Å². The Hall–Kier alpha value is -1.14. The van der Waals surface area contributed by atoms with Crippen LogP contribution >= 0.6 is 43.5 Å². The smallest absolute Gasteiger partial charge is 0.265 e. The van der Waals surface area contributed by atoms with Crippen LogP contribution in [0.25, 0.3) is 0 Å². The number of nitrogens with zero attached hydrogens (tertiary/aromatic N) is 2. The Morgan fingerprint density at radius 1 is 1.29 bits per heavy atom. The summed E-state index contributed by atoms with van der Waals surface area (Å²) in [5, 5.41) is 8.66. The molecule has 108 valence electrons. The molecule has 0 aliphatic heterocycles. The van der Waals surface area contributed by atoms with Crippen molar-refractivity contribution in [3.63, 3.8) is 0 Å². The van der Waals surface area contributed by atoms with Gasteiger partial charge in [-0.05, 0) is 56.1 Å². The topological polar surface area (TPSA) is 82.9 Å². The van der Waals surface area contributed by atoms with Crippen LogP contribution in [0.4, 0.5) is 5.69 Å². The lowest BCUT2D eigenvalue weighted by Crippen LogP contribution is -2.14. The van der Waals surface area contributed by atoms with Crippen LogP contribution < -0.4 is 4.72 Å². The summed E-state index contributed by atoms with van der Waals surface area (Å²) in [5.74, 6) is 0. The largest absolute Gasteiger partial charge is 0.278 e. The van der Waals surface area contributed by atoms with Crippen molar-refractivity contribution in [1.29, 1.82) is 5.26 Å². The quantitative estimate of drug-likeness (QED) is 0.717. The van der Waals surface area contributed by atoms with Gasteiger partial charge in [-0.2, -0.15) is 5.26 Å². The van der Waals surface area contributed by atoms with Gasteiger partial charge in [0.2, 0.25) is 0 Å². The van der Waals surface area contributed by atoms with E-state index in [9.17, 15) is 8.42 Å². The summed E-state index contributed by atoms with van der Waals surface area (Å²) in [6.45, 7) is 0. The number of sulfonamides is 1. The summed E-state index contributed by atoms with van der Waals surface area (Å²) in [4.78, 5) is 3.64. The maximum atomic E-state index is 12.3. The molecule has 0 unspecified atom stereocenters. The van der Waals surface area contributed by atoms with Crippen LogP contribution in [0.15, 0.2) is 44.3 Å². The molecule has 1 aromatic carbocycles. The van der Waals surface area contributed by atoms with Crippen LogP contribution in [-0.2, 0) is 10.0 Å². The highest BCUT2D eigenvalue weighted by atomic mass is 79.9. The predicted molar refractivity (Wildman–Crippen MR) is 86.6 cm³/mol. The van der Waals surface area contributed by atoms with Crippen LogP contribution in [0.2, 0.25) is 5.15 Å². The average Bonchev–Trinajstić information content (AvgIpc) is 2.43. The SMILES string of the molecule is N#Cc1ccc(NS(=O)(=O)c2cc(Br)cnc2Cl)c(Br)c1. The third-order valence-corrected chi connectivity index (χ3v) is 5.29. The van der Waals surface area contributed by atoms with Crippen molar-refractivity contribution in [3.05, 3.63) is 50.1 Å². The monoisotopic (exact) mass is 449 g/mol. The zero-order valence-corrected chi connectivity index (χ0v) is 14.9. The maximum absolute atomic E-state index is 12.3. The second-order valence-corrected chi connectivity index (χ2v) is 7.63. The molecule has 1 heterocycles. The fourth-order valence-electron chi connectivity index (χ4n) is 1.46. The van der Waals surface area contributed by atoms with Gasteiger partial charge in [0.05, 0.1) is 17.3 Å². The van der Waals surface area contributed by atoms with Gasteiger partial charge in [0.25, 0.3) is 10.0 Å². The van der Waals surface area contributed by atoms with E-state index in [4.69, 9.17) is 16.9 Å². The molecule has 9 heteroatoms. The number of benzene rings is 1. The summed E-state index contributed by atoms with van der Waals surface area (Å²) in [7, 11) is -3.90. The molecule has 0 radical (unpaired) electrons. The fourth-order valence-corrected chi connectivity index (χ4v) is 4.09. The third-order valence-electron chi connectivity index (χ3n) is 2.41. The van der Waals surface area contributed by atoms with E-state index in [1.807, 2.05) is 6.07 Å². The van der Waals surface area contributed by atoms with Gasteiger partial charge in [-0.25, -0.2) is 13.4 Å². The Labute approximate surface area is 143 Å². The van der Waals surface area contributed by atoms with Gasteiger partial charge in [-0.15, -0.1) is 0 Å². The van der Waals surface area contributed by atoms with Gasteiger partial charge in [-0.1, -0.05) is 11.6 Å². The van der Waals surface area contributed by atoms with Gasteiger partial charge in [0, 0.05) is 15.1 Å². The Balaban J connectivity index is 2.43. The van der Waals surface area contributed by atoms with Gasteiger partial charge in [0.1, 0.15) is 10.0 Å². The van der Waals surface area contributed by atoms with E-state index in [0.717, 1.165) is 0 Å². The first kappa shape index (κ1) is 16.2. The number of halogens is 3.